The average Bonchev–Trinajstić information content (AvgIpc) is 3.25. The van der Waals surface area contributed by atoms with E-state index in [1.807, 2.05) is 0 Å². The first-order chi connectivity index (χ1) is 10.7. The molecular formula is C16H22N2O4. The molecular weight excluding hydrogens is 284 g/mol. The molecule has 6 heteroatoms. The molecule has 22 heavy (non-hydrogen) atoms. The Hall–Kier alpha value is -1.82. The van der Waals surface area contributed by atoms with Gasteiger partial charge in [-0.05, 0) is 37.8 Å². The Bertz CT molecular complexity index is 508. The highest BCUT2D eigenvalue weighted by Crippen LogP contribution is 2.19. The van der Waals surface area contributed by atoms with Crippen molar-refractivity contribution in [1.29, 1.82) is 0 Å². The van der Waals surface area contributed by atoms with Crippen LogP contribution in [-0.2, 0) is 9.53 Å². The standard InChI is InChI=1S/C16H22N2O4/c19-15(17-10-13-5-2-8-21-13)12-4-1-7-18(11-12)16(20)14-6-3-9-22-14/h3,6,9,12-13H,1-2,4-5,7-8,10-11H2,(H,17,19)/t12-,13-/m0/s1. The molecule has 1 aromatic rings. The zero-order chi connectivity index (χ0) is 15.4. The molecule has 3 rings (SSSR count). The molecule has 2 aliphatic rings. The number of likely N-dealkylation sites (tertiary alicyclic amines) is 1. The van der Waals surface area contributed by atoms with Gasteiger partial charge in [-0.2, -0.15) is 0 Å². The van der Waals surface area contributed by atoms with E-state index in [9.17, 15) is 9.59 Å². The van der Waals surface area contributed by atoms with E-state index in [1.54, 1.807) is 17.0 Å². The van der Waals surface area contributed by atoms with E-state index in [1.165, 1.54) is 6.26 Å². The normalized spacial score (nSPS) is 25.2. The Morgan fingerprint density at radius 3 is 2.95 bits per heavy atom. The van der Waals surface area contributed by atoms with Crippen LogP contribution in [0.4, 0.5) is 0 Å². The van der Waals surface area contributed by atoms with Crippen molar-refractivity contribution >= 4 is 11.8 Å². The number of furan rings is 1. The largest absolute Gasteiger partial charge is 0.459 e. The molecule has 0 aromatic carbocycles. The van der Waals surface area contributed by atoms with Gasteiger partial charge in [0.25, 0.3) is 5.91 Å². The lowest BCUT2D eigenvalue weighted by molar-refractivity contribution is -0.126. The quantitative estimate of drug-likeness (QED) is 0.913. The van der Waals surface area contributed by atoms with Crippen LogP contribution in [0.2, 0.25) is 0 Å². The van der Waals surface area contributed by atoms with Crippen LogP contribution in [0.25, 0.3) is 0 Å². The van der Waals surface area contributed by atoms with Crippen molar-refractivity contribution < 1.29 is 18.7 Å². The molecule has 2 amide bonds. The minimum absolute atomic E-state index is 0.0208. The predicted octanol–water partition coefficient (Wildman–Crippen LogP) is 1.43. The number of nitrogens with one attached hydrogen (secondary N) is 1. The summed E-state index contributed by atoms with van der Waals surface area (Å²) < 4.78 is 10.7. The van der Waals surface area contributed by atoms with E-state index < -0.39 is 0 Å². The first-order valence-electron chi connectivity index (χ1n) is 7.96. The molecule has 0 spiro atoms. The van der Waals surface area contributed by atoms with Crippen LogP contribution in [-0.4, -0.2) is 49.1 Å². The van der Waals surface area contributed by atoms with E-state index in [4.69, 9.17) is 9.15 Å². The highest BCUT2D eigenvalue weighted by atomic mass is 16.5. The highest BCUT2D eigenvalue weighted by molar-refractivity contribution is 5.92. The molecule has 0 radical (unpaired) electrons. The number of carbonyl (C=O) groups is 2. The summed E-state index contributed by atoms with van der Waals surface area (Å²) in [6.45, 7) is 2.49. The van der Waals surface area contributed by atoms with Gasteiger partial charge in [0, 0.05) is 26.2 Å². The van der Waals surface area contributed by atoms with Gasteiger partial charge in [-0.15, -0.1) is 0 Å². The van der Waals surface area contributed by atoms with Crippen LogP contribution in [0, 0.1) is 5.92 Å². The smallest absolute Gasteiger partial charge is 0.289 e. The molecule has 1 aromatic heterocycles. The van der Waals surface area contributed by atoms with Crippen molar-refractivity contribution in [2.45, 2.75) is 31.8 Å². The molecule has 2 fully saturated rings. The Morgan fingerprint density at radius 2 is 2.23 bits per heavy atom. The Morgan fingerprint density at radius 1 is 1.32 bits per heavy atom. The van der Waals surface area contributed by atoms with Crippen molar-refractivity contribution in [1.82, 2.24) is 10.2 Å². The molecule has 1 N–H and O–H groups in total. The average molecular weight is 306 g/mol. The molecule has 0 aliphatic carbocycles. The first-order valence-corrected chi connectivity index (χ1v) is 7.96. The van der Waals surface area contributed by atoms with Crippen LogP contribution >= 0.6 is 0 Å². The lowest BCUT2D eigenvalue weighted by Crippen LogP contribution is -2.46. The summed E-state index contributed by atoms with van der Waals surface area (Å²) in [6.07, 6.45) is 5.37. The molecule has 120 valence electrons. The number of carbonyl (C=O) groups excluding carboxylic acids is 2. The fourth-order valence-electron chi connectivity index (χ4n) is 3.10. The SMILES string of the molecule is O=C(NC[C@@H]1CCCO1)[C@H]1CCCN(C(=O)c2ccco2)C1. The number of amides is 2. The van der Waals surface area contributed by atoms with Gasteiger partial charge in [0.1, 0.15) is 0 Å². The van der Waals surface area contributed by atoms with Crippen LogP contribution < -0.4 is 5.32 Å². The maximum absolute atomic E-state index is 12.3. The molecule has 2 saturated heterocycles. The van der Waals surface area contributed by atoms with Crippen LogP contribution in [0.3, 0.4) is 0 Å². The van der Waals surface area contributed by atoms with E-state index in [-0.39, 0.29) is 23.8 Å². The topological polar surface area (TPSA) is 71.8 Å². The summed E-state index contributed by atoms with van der Waals surface area (Å²) in [6, 6.07) is 3.35. The fraction of sp³-hybridized carbons (Fsp3) is 0.625. The highest BCUT2D eigenvalue weighted by Gasteiger charge is 2.30. The molecule has 0 unspecified atom stereocenters. The van der Waals surface area contributed by atoms with Gasteiger partial charge in [0.15, 0.2) is 5.76 Å². The third-order valence-electron chi connectivity index (χ3n) is 4.34. The Kier molecular flexibility index (Phi) is 4.77. The number of piperidine rings is 1. The fourth-order valence-corrected chi connectivity index (χ4v) is 3.10. The van der Waals surface area contributed by atoms with Crippen molar-refractivity contribution in [2.75, 3.05) is 26.2 Å². The second kappa shape index (κ2) is 6.96. The first kappa shape index (κ1) is 15.1. The second-order valence-electron chi connectivity index (χ2n) is 5.95. The van der Waals surface area contributed by atoms with Gasteiger partial charge in [-0.1, -0.05) is 0 Å². The molecule has 3 heterocycles. The number of hydrogen-bond donors (Lipinski definition) is 1. The maximum Gasteiger partial charge on any atom is 0.289 e. The van der Waals surface area contributed by atoms with Crippen molar-refractivity contribution in [3.8, 4) is 0 Å². The summed E-state index contributed by atoms with van der Waals surface area (Å²) in [5.74, 6) is 0.0727. The third kappa shape index (κ3) is 3.50. The predicted molar refractivity (Wildman–Crippen MR) is 79.3 cm³/mol. The van der Waals surface area contributed by atoms with Gasteiger partial charge in [0.05, 0.1) is 18.3 Å². The van der Waals surface area contributed by atoms with E-state index >= 15 is 0 Å². The molecule has 2 atom stereocenters. The molecule has 2 aliphatic heterocycles. The number of nitrogens with zero attached hydrogens (tertiary/aromatic N) is 1. The van der Waals surface area contributed by atoms with Crippen molar-refractivity contribution in [2.24, 2.45) is 5.92 Å². The Labute approximate surface area is 129 Å². The van der Waals surface area contributed by atoms with Crippen molar-refractivity contribution in [3.63, 3.8) is 0 Å². The van der Waals surface area contributed by atoms with E-state index in [0.717, 1.165) is 32.3 Å². The van der Waals surface area contributed by atoms with Gasteiger partial charge in [-0.3, -0.25) is 9.59 Å². The van der Waals surface area contributed by atoms with Gasteiger partial charge in [0.2, 0.25) is 5.91 Å². The zero-order valence-corrected chi connectivity index (χ0v) is 12.6. The van der Waals surface area contributed by atoms with Crippen LogP contribution in [0.15, 0.2) is 22.8 Å². The third-order valence-corrected chi connectivity index (χ3v) is 4.34. The van der Waals surface area contributed by atoms with Gasteiger partial charge < -0.3 is 19.4 Å². The summed E-state index contributed by atoms with van der Waals surface area (Å²) in [5, 5.41) is 2.96. The van der Waals surface area contributed by atoms with Gasteiger partial charge in [-0.25, -0.2) is 0 Å². The number of ether oxygens (including phenoxy) is 1. The minimum Gasteiger partial charge on any atom is -0.459 e. The summed E-state index contributed by atoms with van der Waals surface area (Å²) in [4.78, 5) is 26.3. The lowest BCUT2D eigenvalue weighted by Gasteiger charge is -2.31. The minimum atomic E-state index is -0.144. The summed E-state index contributed by atoms with van der Waals surface area (Å²) in [7, 11) is 0. The Balaban J connectivity index is 1.51. The summed E-state index contributed by atoms with van der Waals surface area (Å²) in [5.41, 5.74) is 0. The lowest BCUT2D eigenvalue weighted by atomic mass is 9.97. The molecule has 0 saturated carbocycles. The van der Waals surface area contributed by atoms with Crippen molar-refractivity contribution in [3.05, 3.63) is 24.2 Å². The number of rotatable bonds is 4. The second-order valence-corrected chi connectivity index (χ2v) is 5.95. The monoisotopic (exact) mass is 306 g/mol. The van der Waals surface area contributed by atoms with E-state index in [0.29, 0.717) is 25.4 Å². The zero-order valence-electron chi connectivity index (χ0n) is 12.6. The van der Waals surface area contributed by atoms with Crippen LogP contribution in [0.1, 0.15) is 36.2 Å². The van der Waals surface area contributed by atoms with E-state index in [2.05, 4.69) is 5.32 Å². The van der Waals surface area contributed by atoms with Crippen LogP contribution in [0.5, 0.6) is 0 Å². The molecule has 6 nitrogen and oxygen atoms in total. The maximum atomic E-state index is 12.3. The summed E-state index contributed by atoms with van der Waals surface area (Å²) >= 11 is 0. The number of hydrogen-bond acceptors (Lipinski definition) is 4. The van der Waals surface area contributed by atoms with Gasteiger partial charge >= 0.3 is 0 Å². The molecule has 0 bridgehead atoms.